The standard InChI is InChI=1S/C14H18O4/c1-5-18-13(16)11-9-7-6-8-10(11)12(15)14(2,3)17-4/h6-9H,5H2,1-4H3. The van der Waals surface area contributed by atoms with Crippen LogP contribution in [-0.4, -0.2) is 31.1 Å². The van der Waals surface area contributed by atoms with Crippen molar-refractivity contribution in [1.82, 2.24) is 0 Å². The largest absolute Gasteiger partial charge is 0.462 e. The summed E-state index contributed by atoms with van der Waals surface area (Å²) in [6, 6.07) is 6.59. The van der Waals surface area contributed by atoms with Crippen molar-refractivity contribution < 1.29 is 19.1 Å². The third kappa shape index (κ3) is 2.96. The Morgan fingerprint density at radius 1 is 1.17 bits per heavy atom. The fourth-order valence-corrected chi connectivity index (χ4v) is 1.48. The Bertz CT molecular complexity index is 449. The van der Waals surface area contributed by atoms with Crippen molar-refractivity contribution in [1.29, 1.82) is 0 Å². The highest BCUT2D eigenvalue weighted by Gasteiger charge is 2.31. The number of hydrogen-bond acceptors (Lipinski definition) is 4. The molecule has 0 bridgehead atoms. The van der Waals surface area contributed by atoms with Crippen molar-refractivity contribution in [3.8, 4) is 0 Å². The Morgan fingerprint density at radius 2 is 1.72 bits per heavy atom. The first-order valence-corrected chi connectivity index (χ1v) is 5.80. The molecular weight excluding hydrogens is 232 g/mol. The summed E-state index contributed by atoms with van der Waals surface area (Å²) in [5.74, 6) is -0.734. The van der Waals surface area contributed by atoms with Crippen LogP contribution in [0, 0.1) is 0 Å². The van der Waals surface area contributed by atoms with E-state index in [1.54, 1.807) is 45.0 Å². The molecule has 0 aromatic heterocycles. The van der Waals surface area contributed by atoms with Gasteiger partial charge in [0.1, 0.15) is 5.60 Å². The van der Waals surface area contributed by atoms with E-state index in [4.69, 9.17) is 9.47 Å². The van der Waals surface area contributed by atoms with Gasteiger partial charge in [0, 0.05) is 12.7 Å². The first-order valence-electron chi connectivity index (χ1n) is 5.80. The Balaban J connectivity index is 3.17. The molecule has 0 saturated carbocycles. The third-order valence-electron chi connectivity index (χ3n) is 2.72. The van der Waals surface area contributed by atoms with Crippen molar-refractivity contribution in [2.45, 2.75) is 26.4 Å². The Kier molecular flexibility index (Phi) is 4.62. The second-order valence-electron chi connectivity index (χ2n) is 4.31. The maximum Gasteiger partial charge on any atom is 0.338 e. The number of methoxy groups -OCH3 is 1. The lowest BCUT2D eigenvalue weighted by molar-refractivity contribution is 0.0224. The van der Waals surface area contributed by atoms with E-state index in [0.29, 0.717) is 5.56 Å². The zero-order chi connectivity index (χ0) is 13.8. The number of carbonyl (C=O) groups is 2. The summed E-state index contributed by atoms with van der Waals surface area (Å²) in [6.45, 7) is 5.32. The van der Waals surface area contributed by atoms with Gasteiger partial charge in [0.15, 0.2) is 5.78 Å². The molecule has 0 radical (unpaired) electrons. The average Bonchev–Trinajstić information content (AvgIpc) is 2.38. The Morgan fingerprint density at radius 3 is 2.22 bits per heavy atom. The molecule has 1 aromatic carbocycles. The van der Waals surface area contributed by atoms with Crippen molar-refractivity contribution in [3.63, 3.8) is 0 Å². The number of Topliss-reactive ketones (excluding diaryl/α,β-unsaturated/α-hetero) is 1. The third-order valence-corrected chi connectivity index (χ3v) is 2.72. The second-order valence-corrected chi connectivity index (χ2v) is 4.31. The molecule has 4 heteroatoms. The summed E-state index contributed by atoms with van der Waals surface area (Å²) in [6.07, 6.45) is 0. The topological polar surface area (TPSA) is 52.6 Å². The Labute approximate surface area is 107 Å². The number of carbonyl (C=O) groups excluding carboxylic acids is 2. The van der Waals surface area contributed by atoms with E-state index < -0.39 is 11.6 Å². The van der Waals surface area contributed by atoms with Gasteiger partial charge in [-0.2, -0.15) is 0 Å². The monoisotopic (exact) mass is 250 g/mol. The minimum Gasteiger partial charge on any atom is -0.462 e. The normalized spacial score (nSPS) is 11.1. The molecule has 0 aliphatic rings. The molecule has 0 spiro atoms. The van der Waals surface area contributed by atoms with Gasteiger partial charge in [0.05, 0.1) is 12.2 Å². The van der Waals surface area contributed by atoms with Crippen LogP contribution >= 0.6 is 0 Å². The predicted molar refractivity (Wildman–Crippen MR) is 67.8 cm³/mol. The molecule has 0 heterocycles. The van der Waals surface area contributed by atoms with Crippen LogP contribution in [0.25, 0.3) is 0 Å². The zero-order valence-electron chi connectivity index (χ0n) is 11.1. The molecule has 0 atom stereocenters. The number of esters is 1. The van der Waals surface area contributed by atoms with E-state index in [1.807, 2.05) is 0 Å². The molecule has 1 rings (SSSR count). The lowest BCUT2D eigenvalue weighted by Gasteiger charge is -2.22. The molecule has 0 unspecified atom stereocenters. The van der Waals surface area contributed by atoms with Gasteiger partial charge in [0.25, 0.3) is 0 Å². The second kappa shape index (κ2) is 5.78. The molecular formula is C14H18O4. The van der Waals surface area contributed by atoms with Crippen LogP contribution in [0.2, 0.25) is 0 Å². The van der Waals surface area contributed by atoms with E-state index in [-0.39, 0.29) is 18.0 Å². The van der Waals surface area contributed by atoms with Crippen LogP contribution in [0.3, 0.4) is 0 Å². The number of hydrogen-bond donors (Lipinski definition) is 0. The smallest absolute Gasteiger partial charge is 0.338 e. The van der Waals surface area contributed by atoms with Crippen LogP contribution in [-0.2, 0) is 9.47 Å². The first kappa shape index (κ1) is 14.4. The van der Waals surface area contributed by atoms with E-state index >= 15 is 0 Å². The highest BCUT2D eigenvalue weighted by molar-refractivity contribution is 6.09. The van der Waals surface area contributed by atoms with Crippen molar-refractivity contribution >= 4 is 11.8 Å². The molecule has 0 saturated heterocycles. The highest BCUT2D eigenvalue weighted by Crippen LogP contribution is 2.20. The van der Waals surface area contributed by atoms with Crippen molar-refractivity contribution in [3.05, 3.63) is 35.4 Å². The lowest BCUT2D eigenvalue weighted by Crippen LogP contribution is -2.35. The quantitative estimate of drug-likeness (QED) is 0.595. The van der Waals surface area contributed by atoms with Crippen molar-refractivity contribution in [2.75, 3.05) is 13.7 Å². The average molecular weight is 250 g/mol. The summed E-state index contributed by atoms with van der Waals surface area (Å²) in [4.78, 5) is 24.1. The first-order chi connectivity index (χ1) is 8.44. The van der Waals surface area contributed by atoms with Gasteiger partial charge in [-0.25, -0.2) is 4.79 Å². The van der Waals surface area contributed by atoms with Crippen molar-refractivity contribution in [2.24, 2.45) is 0 Å². The number of ketones is 1. The van der Waals surface area contributed by atoms with Crippen LogP contribution in [0.4, 0.5) is 0 Å². The van der Waals surface area contributed by atoms with Gasteiger partial charge < -0.3 is 9.47 Å². The zero-order valence-corrected chi connectivity index (χ0v) is 11.1. The molecule has 0 N–H and O–H groups in total. The summed E-state index contributed by atoms with van der Waals surface area (Å²) in [7, 11) is 1.46. The maximum atomic E-state index is 12.3. The molecule has 0 amide bonds. The van der Waals surface area contributed by atoms with E-state index in [2.05, 4.69) is 0 Å². The Hall–Kier alpha value is -1.68. The summed E-state index contributed by atoms with van der Waals surface area (Å²) in [5.41, 5.74) is -0.375. The fourth-order valence-electron chi connectivity index (χ4n) is 1.48. The van der Waals surface area contributed by atoms with Gasteiger partial charge in [-0.1, -0.05) is 18.2 Å². The van der Waals surface area contributed by atoms with Crippen LogP contribution < -0.4 is 0 Å². The van der Waals surface area contributed by atoms with Gasteiger partial charge in [-0.05, 0) is 26.8 Å². The SMILES string of the molecule is CCOC(=O)c1ccccc1C(=O)C(C)(C)OC. The maximum absolute atomic E-state index is 12.3. The lowest BCUT2D eigenvalue weighted by atomic mass is 9.93. The molecule has 0 aliphatic heterocycles. The number of rotatable bonds is 5. The molecule has 0 fully saturated rings. The molecule has 98 valence electrons. The number of ether oxygens (including phenoxy) is 2. The summed E-state index contributed by atoms with van der Waals surface area (Å²) < 4.78 is 10.1. The van der Waals surface area contributed by atoms with E-state index in [9.17, 15) is 9.59 Å². The number of benzene rings is 1. The minimum atomic E-state index is -0.970. The molecule has 1 aromatic rings. The van der Waals surface area contributed by atoms with Gasteiger partial charge in [-0.3, -0.25) is 4.79 Å². The summed E-state index contributed by atoms with van der Waals surface area (Å²) in [5, 5.41) is 0. The molecule has 18 heavy (non-hydrogen) atoms. The molecule has 0 aliphatic carbocycles. The van der Waals surface area contributed by atoms with E-state index in [0.717, 1.165) is 0 Å². The van der Waals surface area contributed by atoms with Gasteiger partial charge >= 0.3 is 5.97 Å². The fraction of sp³-hybridized carbons (Fsp3) is 0.429. The van der Waals surface area contributed by atoms with Crippen LogP contribution in [0.5, 0.6) is 0 Å². The van der Waals surface area contributed by atoms with E-state index in [1.165, 1.54) is 7.11 Å². The van der Waals surface area contributed by atoms with Gasteiger partial charge in [-0.15, -0.1) is 0 Å². The highest BCUT2D eigenvalue weighted by atomic mass is 16.5. The van der Waals surface area contributed by atoms with Gasteiger partial charge in [0.2, 0.25) is 0 Å². The predicted octanol–water partition coefficient (Wildman–Crippen LogP) is 2.47. The van der Waals surface area contributed by atoms with Crippen LogP contribution in [0.15, 0.2) is 24.3 Å². The van der Waals surface area contributed by atoms with Crippen LogP contribution in [0.1, 0.15) is 41.5 Å². The summed E-state index contributed by atoms with van der Waals surface area (Å²) >= 11 is 0. The molecule has 4 nitrogen and oxygen atoms in total. The minimum absolute atomic E-state index is 0.242.